The van der Waals surface area contributed by atoms with Crippen LogP contribution in [-0.2, 0) is 19.1 Å². The molecular formula is C16H24ClN3O4. The third-order valence-electron chi connectivity index (χ3n) is 5.73. The van der Waals surface area contributed by atoms with Crippen molar-refractivity contribution in [2.75, 3.05) is 13.1 Å². The first kappa shape index (κ1) is 17.6. The number of hydrogen-bond donors (Lipinski definition) is 2. The number of piperidine rings is 1. The molecule has 8 heteroatoms. The van der Waals surface area contributed by atoms with Crippen LogP contribution in [0.4, 0.5) is 0 Å². The van der Waals surface area contributed by atoms with Crippen molar-refractivity contribution < 1.29 is 19.1 Å². The maximum absolute atomic E-state index is 12.7. The number of carbonyl (C=O) groups excluding carboxylic acids is 3. The largest absolute Gasteiger partial charge is 0.373 e. The molecule has 0 spiro atoms. The molecule has 4 aliphatic rings. The van der Waals surface area contributed by atoms with Crippen molar-refractivity contribution in [1.82, 2.24) is 15.5 Å². The molecule has 2 bridgehead atoms. The first-order valence-corrected chi connectivity index (χ1v) is 8.61. The topological polar surface area (TPSA) is 87.7 Å². The lowest BCUT2D eigenvalue weighted by molar-refractivity contribution is -0.149. The normalized spacial score (nSPS) is 38.7. The van der Waals surface area contributed by atoms with Gasteiger partial charge in [0.25, 0.3) is 0 Å². The van der Waals surface area contributed by atoms with Crippen LogP contribution in [0.5, 0.6) is 0 Å². The Kier molecular flexibility index (Phi) is 4.86. The van der Waals surface area contributed by atoms with Gasteiger partial charge in [-0.05, 0) is 39.2 Å². The zero-order valence-corrected chi connectivity index (χ0v) is 14.5. The Morgan fingerprint density at radius 3 is 2.38 bits per heavy atom. The quantitative estimate of drug-likeness (QED) is 0.685. The summed E-state index contributed by atoms with van der Waals surface area (Å²) < 4.78 is 5.71. The Morgan fingerprint density at radius 1 is 1.21 bits per heavy atom. The van der Waals surface area contributed by atoms with Crippen molar-refractivity contribution in [2.24, 2.45) is 11.8 Å². The van der Waals surface area contributed by atoms with Crippen LogP contribution < -0.4 is 10.6 Å². The molecule has 6 atom stereocenters. The van der Waals surface area contributed by atoms with Crippen LogP contribution in [0, 0.1) is 11.8 Å². The van der Waals surface area contributed by atoms with E-state index < -0.39 is 6.04 Å². The van der Waals surface area contributed by atoms with E-state index in [0.29, 0.717) is 0 Å². The second kappa shape index (κ2) is 6.61. The zero-order valence-electron chi connectivity index (χ0n) is 13.7. The third-order valence-corrected chi connectivity index (χ3v) is 5.73. The number of nitrogens with zero attached hydrogens (tertiary/aromatic N) is 1. The monoisotopic (exact) mass is 357 g/mol. The predicted octanol–water partition coefficient (Wildman–Crippen LogP) is -0.173. The fourth-order valence-electron chi connectivity index (χ4n) is 4.53. The molecule has 4 fully saturated rings. The highest BCUT2D eigenvalue weighted by molar-refractivity contribution is 6.09. The van der Waals surface area contributed by atoms with Crippen LogP contribution in [0.1, 0.15) is 32.6 Å². The number of rotatable bonds is 3. The summed E-state index contributed by atoms with van der Waals surface area (Å²) in [5, 5.41) is 6.20. The minimum Gasteiger partial charge on any atom is -0.373 e. The Labute approximate surface area is 147 Å². The molecule has 7 nitrogen and oxygen atoms in total. The van der Waals surface area contributed by atoms with Gasteiger partial charge in [-0.25, -0.2) is 0 Å². The molecule has 3 amide bonds. The first-order chi connectivity index (χ1) is 11.1. The molecule has 0 aromatic carbocycles. The number of halogens is 1. The highest BCUT2D eigenvalue weighted by Gasteiger charge is 2.63. The molecule has 0 aliphatic carbocycles. The second-order valence-corrected chi connectivity index (χ2v) is 7.12. The van der Waals surface area contributed by atoms with E-state index in [1.165, 1.54) is 4.90 Å². The summed E-state index contributed by atoms with van der Waals surface area (Å²) in [6.45, 7) is 3.35. The van der Waals surface area contributed by atoms with Crippen LogP contribution in [-0.4, -0.2) is 60.0 Å². The number of carbonyl (C=O) groups is 3. The SMILES string of the molecule is CC(C(=O)N[C@H]1CCCNC1)N1C(=O)C2C3CCC(O3)C2C1=O.Cl. The van der Waals surface area contributed by atoms with Gasteiger partial charge in [0.2, 0.25) is 17.7 Å². The lowest BCUT2D eigenvalue weighted by Gasteiger charge is -2.28. The molecule has 24 heavy (non-hydrogen) atoms. The maximum atomic E-state index is 12.7. The fraction of sp³-hybridized carbons (Fsp3) is 0.812. The Hall–Kier alpha value is -1.18. The molecule has 2 N–H and O–H groups in total. The number of fused-ring (bicyclic) bond motifs is 5. The number of nitrogens with one attached hydrogen (secondary N) is 2. The highest BCUT2D eigenvalue weighted by atomic mass is 35.5. The Balaban J connectivity index is 0.00000169. The van der Waals surface area contributed by atoms with Crippen LogP contribution in [0.2, 0.25) is 0 Å². The number of imide groups is 1. The fourth-order valence-corrected chi connectivity index (χ4v) is 4.53. The molecule has 0 saturated carbocycles. The van der Waals surface area contributed by atoms with Crippen molar-refractivity contribution in [2.45, 2.75) is 56.9 Å². The van der Waals surface area contributed by atoms with Crippen molar-refractivity contribution in [3.8, 4) is 0 Å². The van der Waals surface area contributed by atoms with E-state index >= 15 is 0 Å². The van der Waals surface area contributed by atoms with Crippen molar-refractivity contribution in [3.63, 3.8) is 0 Å². The Bertz CT molecular complexity index is 523. The van der Waals surface area contributed by atoms with Gasteiger partial charge in [-0.1, -0.05) is 0 Å². The standard InChI is InChI=1S/C16H23N3O4.ClH/c1-8(14(20)18-9-3-2-6-17-7-9)19-15(21)12-10-4-5-11(23-10)13(12)16(19)22;/h8-13,17H,2-7H2,1H3,(H,18,20);1H/t8?,9-,10?,11?,12?,13?;/m0./s1. The van der Waals surface area contributed by atoms with Crippen molar-refractivity contribution in [3.05, 3.63) is 0 Å². The molecule has 4 saturated heterocycles. The number of amides is 3. The summed E-state index contributed by atoms with van der Waals surface area (Å²) in [5.41, 5.74) is 0. The summed E-state index contributed by atoms with van der Waals surface area (Å²) in [6, 6.07) is -0.674. The van der Waals surface area contributed by atoms with Crippen molar-refractivity contribution in [1.29, 1.82) is 0 Å². The minimum absolute atomic E-state index is 0. The lowest BCUT2D eigenvalue weighted by Crippen LogP contribution is -2.54. The summed E-state index contributed by atoms with van der Waals surface area (Å²) in [7, 11) is 0. The average Bonchev–Trinajstić information content (AvgIpc) is 3.22. The van der Waals surface area contributed by atoms with Gasteiger partial charge in [0.05, 0.1) is 24.0 Å². The molecule has 4 rings (SSSR count). The van der Waals surface area contributed by atoms with Crippen LogP contribution in [0.3, 0.4) is 0 Å². The lowest BCUT2D eigenvalue weighted by atomic mass is 9.81. The minimum atomic E-state index is -0.748. The predicted molar refractivity (Wildman–Crippen MR) is 87.5 cm³/mol. The van der Waals surface area contributed by atoms with Gasteiger partial charge in [0.1, 0.15) is 6.04 Å². The Morgan fingerprint density at radius 2 is 1.83 bits per heavy atom. The van der Waals surface area contributed by atoms with E-state index in [2.05, 4.69) is 10.6 Å². The van der Waals surface area contributed by atoms with E-state index in [4.69, 9.17) is 4.74 Å². The van der Waals surface area contributed by atoms with Gasteiger partial charge in [-0.2, -0.15) is 0 Å². The summed E-state index contributed by atoms with van der Waals surface area (Å²) in [6.07, 6.45) is 3.36. The third kappa shape index (κ3) is 2.62. The number of hydrogen-bond acceptors (Lipinski definition) is 5. The van der Waals surface area contributed by atoms with Gasteiger partial charge < -0.3 is 15.4 Å². The van der Waals surface area contributed by atoms with Crippen LogP contribution in [0.25, 0.3) is 0 Å². The smallest absolute Gasteiger partial charge is 0.243 e. The second-order valence-electron chi connectivity index (χ2n) is 7.12. The van der Waals surface area contributed by atoms with Gasteiger partial charge in [-0.15, -0.1) is 12.4 Å². The zero-order chi connectivity index (χ0) is 16.1. The van der Waals surface area contributed by atoms with E-state index in [0.717, 1.165) is 38.8 Å². The molecule has 0 aromatic heterocycles. The van der Waals surface area contributed by atoms with Crippen LogP contribution >= 0.6 is 12.4 Å². The highest BCUT2D eigenvalue weighted by Crippen LogP contribution is 2.48. The molecule has 4 aliphatic heterocycles. The molecule has 0 aromatic rings. The van der Waals surface area contributed by atoms with E-state index in [-0.39, 0.29) is 60.2 Å². The maximum Gasteiger partial charge on any atom is 0.243 e. The first-order valence-electron chi connectivity index (χ1n) is 8.61. The molecule has 0 radical (unpaired) electrons. The molecule has 5 unspecified atom stereocenters. The van der Waals surface area contributed by atoms with Gasteiger partial charge in [0.15, 0.2) is 0 Å². The summed E-state index contributed by atoms with van der Waals surface area (Å²) >= 11 is 0. The van der Waals surface area contributed by atoms with Gasteiger partial charge in [0, 0.05) is 12.6 Å². The van der Waals surface area contributed by atoms with Gasteiger partial charge in [-0.3, -0.25) is 19.3 Å². The number of ether oxygens (including phenoxy) is 1. The average molecular weight is 358 g/mol. The number of likely N-dealkylation sites (tertiary alicyclic amines) is 1. The van der Waals surface area contributed by atoms with Crippen molar-refractivity contribution >= 4 is 30.1 Å². The summed E-state index contributed by atoms with van der Waals surface area (Å²) in [5.74, 6) is -1.43. The van der Waals surface area contributed by atoms with E-state index in [1.807, 2.05) is 0 Å². The summed E-state index contributed by atoms with van der Waals surface area (Å²) in [4.78, 5) is 39.0. The molecule has 134 valence electrons. The van der Waals surface area contributed by atoms with Crippen LogP contribution in [0.15, 0.2) is 0 Å². The molecule has 4 heterocycles. The van der Waals surface area contributed by atoms with E-state index in [1.54, 1.807) is 6.92 Å². The van der Waals surface area contributed by atoms with E-state index in [9.17, 15) is 14.4 Å². The van der Waals surface area contributed by atoms with Gasteiger partial charge >= 0.3 is 0 Å². The molecular weight excluding hydrogens is 334 g/mol.